The highest BCUT2D eigenvalue weighted by atomic mass is 15.3. The van der Waals surface area contributed by atoms with Crippen LogP contribution in [0, 0.1) is 11.8 Å². The lowest BCUT2D eigenvalue weighted by atomic mass is 9.84. The summed E-state index contributed by atoms with van der Waals surface area (Å²) in [4.78, 5) is 7.96. The van der Waals surface area contributed by atoms with Crippen molar-refractivity contribution in [2.75, 3.05) is 45.8 Å². The first-order valence-electron chi connectivity index (χ1n) is 9.17. The van der Waals surface area contributed by atoms with Crippen molar-refractivity contribution >= 4 is 0 Å². The fourth-order valence-electron chi connectivity index (χ4n) is 3.98. The maximum atomic E-state index is 2.69. The quantitative estimate of drug-likeness (QED) is 0.772. The van der Waals surface area contributed by atoms with Crippen LogP contribution < -0.4 is 0 Å². The summed E-state index contributed by atoms with van der Waals surface area (Å²) < 4.78 is 0. The molecule has 0 spiro atoms. The standard InChI is InChI=1S/C18H37N3/c1-15(2)20-12-10-19(11-13-20)8-6-18-7-9-21(16(3)4)14-17(18)5/h15-18H,6-14H2,1-5H3/t17-,18?/m1/s1. The van der Waals surface area contributed by atoms with E-state index in [1.54, 1.807) is 0 Å². The molecule has 0 bridgehead atoms. The normalized spacial score (nSPS) is 30.4. The van der Waals surface area contributed by atoms with E-state index in [4.69, 9.17) is 0 Å². The van der Waals surface area contributed by atoms with Crippen molar-refractivity contribution in [1.29, 1.82) is 0 Å². The van der Waals surface area contributed by atoms with Gasteiger partial charge in [0.15, 0.2) is 0 Å². The number of rotatable bonds is 5. The first kappa shape index (κ1) is 17.2. The van der Waals surface area contributed by atoms with Gasteiger partial charge in [-0.15, -0.1) is 0 Å². The van der Waals surface area contributed by atoms with Crippen molar-refractivity contribution in [3.8, 4) is 0 Å². The zero-order valence-electron chi connectivity index (χ0n) is 15.0. The number of nitrogens with zero attached hydrogens (tertiary/aromatic N) is 3. The van der Waals surface area contributed by atoms with E-state index < -0.39 is 0 Å². The van der Waals surface area contributed by atoms with Gasteiger partial charge in [-0.2, -0.15) is 0 Å². The van der Waals surface area contributed by atoms with E-state index in [1.165, 1.54) is 58.7 Å². The molecule has 0 aromatic carbocycles. The Bertz CT molecular complexity index is 295. The van der Waals surface area contributed by atoms with E-state index in [1.807, 2.05) is 0 Å². The number of piperazine rings is 1. The summed E-state index contributed by atoms with van der Waals surface area (Å²) in [5.74, 6) is 1.82. The first-order valence-corrected chi connectivity index (χ1v) is 9.17. The minimum Gasteiger partial charge on any atom is -0.301 e. The lowest BCUT2D eigenvalue weighted by Crippen LogP contribution is -2.49. The van der Waals surface area contributed by atoms with Crippen molar-refractivity contribution in [2.24, 2.45) is 11.8 Å². The zero-order valence-corrected chi connectivity index (χ0v) is 15.0. The van der Waals surface area contributed by atoms with Crippen LogP contribution in [0.3, 0.4) is 0 Å². The Morgan fingerprint density at radius 3 is 2.00 bits per heavy atom. The summed E-state index contributed by atoms with van der Waals surface area (Å²) in [6.07, 6.45) is 2.82. The topological polar surface area (TPSA) is 9.72 Å². The van der Waals surface area contributed by atoms with Gasteiger partial charge in [-0.1, -0.05) is 6.92 Å². The third-order valence-corrected chi connectivity index (χ3v) is 5.80. The Balaban J connectivity index is 1.67. The molecule has 0 aromatic rings. The van der Waals surface area contributed by atoms with Crippen LogP contribution in [0.1, 0.15) is 47.5 Å². The van der Waals surface area contributed by atoms with Crippen LogP contribution in [-0.4, -0.2) is 72.6 Å². The van der Waals surface area contributed by atoms with Gasteiger partial charge in [0.2, 0.25) is 0 Å². The Labute approximate surface area is 132 Å². The molecule has 2 atom stereocenters. The molecule has 124 valence electrons. The van der Waals surface area contributed by atoms with E-state index in [-0.39, 0.29) is 0 Å². The monoisotopic (exact) mass is 295 g/mol. The lowest BCUT2D eigenvalue weighted by Gasteiger charge is -2.41. The second-order valence-electron chi connectivity index (χ2n) is 7.87. The van der Waals surface area contributed by atoms with Crippen molar-refractivity contribution < 1.29 is 0 Å². The molecule has 0 aliphatic carbocycles. The highest BCUT2D eigenvalue weighted by Crippen LogP contribution is 2.27. The van der Waals surface area contributed by atoms with E-state index >= 15 is 0 Å². The average molecular weight is 296 g/mol. The summed E-state index contributed by atoms with van der Waals surface area (Å²) in [7, 11) is 0. The Morgan fingerprint density at radius 1 is 0.857 bits per heavy atom. The Kier molecular flexibility index (Phi) is 6.51. The maximum Gasteiger partial charge on any atom is 0.0113 e. The number of hydrogen-bond acceptors (Lipinski definition) is 3. The summed E-state index contributed by atoms with van der Waals surface area (Å²) in [5, 5.41) is 0. The van der Waals surface area contributed by atoms with E-state index in [9.17, 15) is 0 Å². The molecule has 0 aromatic heterocycles. The van der Waals surface area contributed by atoms with E-state index in [0.717, 1.165) is 17.9 Å². The van der Waals surface area contributed by atoms with Gasteiger partial charge < -0.3 is 9.80 Å². The SMILES string of the molecule is CC(C)N1CCN(CCC2CCN(C(C)C)C[C@H]2C)CC1. The molecule has 21 heavy (non-hydrogen) atoms. The summed E-state index contributed by atoms with van der Waals surface area (Å²) in [6, 6.07) is 1.44. The van der Waals surface area contributed by atoms with Gasteiger partial charge in [-0.3, -0.25) is 4.90 Å². The van der Waals surface area contributed by atoms with Crippen LogP contribution in [0.4, 0.5) is 0 Å². The summed E-state index contributed by atoms with van der Waals surface area (Å²) >= 11 is 0. The van der Waals surface area contributed by atoms with Crippen LogP contribution >= 0.6 is 0 Å². The molecule has 0 amide bonds. The van der Waals surface area contributed by atoms with Crippen LogP contribution in [0.2, 0.25) is 0 Å². The average Bonchev–Trinajstić information content (AvgIpc) is 2.46. The van der Waals surface area contributed by atoms with Gasteiger partial charge >= 0.3 is 0 Å². The summed E-state index contributed by atoms with van der Waals surface area (Å²) in [6.45, 7) is 20.8. The highest BCUT2D eigenvalue weighted by Gasteiger charge is 2.28. The molecule has 3 nitrogen and oxygen atoms in total. The third kappa shape index (κ3) is 4.94. The number of hydrogen-bond donors (Lipinski definition) is 0. The molecule has 2 fully saturated rings. The second kappa shape index (κ2) is 7.94. The minimum absolute atomic E-state index is 0.715. The van der Waals surface area contributed by atoms with Crippen LogP contribution in [0.25, 0.3) is 0 Å². The number of likely N-dealkylation sites (tertiary alicyclic amines) is 1. The fraction of sp³-hybridized carbons (Fsp3) is 1.00. The van der Waals surface area contributed by atoms with Gasteiger partial charge in [0, 0.05) is 44.8 Å². The lowest BCUT2D eigenvalue weighted by molar-refractivity contribution is 0.0744. The molecular formula is C18H37N3. The van der Waals surface area contributed by atoms with Gasteiger partial charge in [-0.25, -0.2) is 0 Å². The molecule has 0 N–H and O–H groups in total. The van der Waals surface area contributed by atoms with Crippen molar-refractivity contribution in [3.63, 3.8) is 0 Å². The molecule has 2 aliphatic rings. The van der Waals surface area contributed by atoms with Gasteiger partial charge in [0.05, 0.1) is 0 Å². The Hall–Kier alpha value is -0.120. The molecule has 2 rings (SSSR count). The van der Waals surface area contributed by atoms with E-state index in [2.05, 4.69) is 49.3 Å². The van der Waals surface area contributed by atoms with Crippen LogP contribution in [0.15, 0.2) is 0 Å². The molecule has 0 saturated carbocycles. The minimum atomic E-state index is 0.715. The van der Waals surface area contributed by atoms with Gasteiger partial charge in [0.25, 0.3) is 0 Å². The molecule has 1 unspecified atom stereocenters. The molecule has 3 heteroatoms. The van der Waals surface area contributed by atoms with Crippen LogP contribution in [-0.2, 0) is 0 Å². The maximum absolute atomic E-state index is 2.69. The number of piperidine rings is 1. The van der Waals surface area contributed by atoms with Gasteiger partial charge in [-0.05, 0) is 65.5 Å². The van der Waals surface area contributed by atoms with Crippen LogP contribution in [0.5, 0.6) is 0 Å². The zero-order chi connectivity index (χ0) is 15.4. The second-order valence-corrected chi connectivity index (χ2v) is 7.87. The largest absolute Gasteiger partial charge is 0.301 e. The Morgan fingerprint density at radius 2 is 1.48 bits per heavy atom. The van der Waals surface area contributed by atoms with Crippen molar-refractivity contribution in [1.82, 2.24) is 14.7 Å². The van der Waals surface area contributed by atoms with Crippen molar-refractivity contribution in [3.05, 3.63) is 0 Å². The van der Waals surface area contributed by atoms with E-state index in [0.29, 0.717) is 6.04 Å². The molecular weight excluding hydrogens is 258 g/mol. The van der Waals surface area contributed by atoms with Crippen molar-refractivity contribution in [2.45, 2.75) is 59.5 Å². The molecule has 2 heterocycles. The third-order valence-electron chi connectivity index (χ3n) is 5.80. The predicted molar refractivity (Wildman–Crippen MR) is 91.7 cm³/mol. The fourth-order valence-corrected chi connectivity index (χ4v) is 3.98. The smallest absolute Gasteiger partial charge is 0.0113 e. The predicted octanol–water partition coefficient (Wildman–Crippen LogP) is 2.77. The summed E-state index contributed by atoms with van der Waals surface area (Å²) in [5.41, 5.74) is 0. The molecule has 2 aliphatic heterocycles. The molecule has 0 radical (unpaired) electrons. The molecule has 2 saturated heterocycles. The first-order chi connectivity index (χ1) is 9.97. The van der Waals surface area contributed by atoms with Gasteiger partial charge in [0.1, 0.15) is 0 Å². The highest BCUT2D eigenvalue weighted by molar-refractivity contribution is 4.81.